The monoisotopic (exact) mass is 364 g/mol. The summed E-state index contributed by atoms with van der Waals surface area (Å²) in [4.78, 5) is 21.1. The van der Waals surface area contributed by atoms with Crippen LogP contribution >= 0.6 is 0 Å². The van der Waals surface area contributed by atoms with Crippen LogP contribution in [0.15, 0.2) is 42.6 Å². The zero-order valence-corrected chi connectivity index (χ0v) is 16.0. The van der Waals surface area contributed by atoms with Crippen LogP contribution in [0.25, 0.3) is 0 Å². The van der Waals surface area contributed by atoms with E-state index in [1.165, 1.54) is 24.0 Å². The van der Waals surface area contributed by atoms with Gasteiger partial charge in [0.25, 0.3) is 5.91 Å². The molecule has 5 nitrogen and oxygen atoms in total. The summed E-state index contributed by atoms with van der Waals surface area (Å²) in [7, 11) is 0. The highest BCUT2D eigenvalue weighted by molar-refractivity contribution is 5.97. The van der Waals surface area contributed by atoms with Crippen molar-refractivity contribution in [2.45, 2.75) is 32.7 Å². The summed E-state index contributed by atoms with van der Waals surface area (Å²) in [6.45, 7) is 7.32. The highest BCUT2D eigenvalue weighted by Crippen LogP contribution is 2.41. The van der Waals surface area contributed by atoms with Gasteiger partial charge in [-0.15, -0.1) is 0 Å². The maximum Gasteiger partial charge on any atom is 0.252 e. The van der Waals surface area contributed by atoms with E-state index in [9.17, 15) is 4.79 Å². The number of anilines is 1. The Balaban J connectivity index is 1.47. The third kappa shape index (κ3) is 3.83. The van der Waals surface area contributed by atoms with Crippen LogP contribution in [0.2, 0.25) is 0 Å². The van der Waals surface area contributed by atoms with Gasteiger partial charge in [-0.1, -0.05) is 29.8 Å². The molecule has 1 atom stereocenters. The lowest BCUT2D eigenvalue weighted by molar-refractivity contribution is 0.0986. The standard InChI is InChI=1S/C22H28N4O/c1-17-5-2-6-18(13-17)14-25-11-4-8-22(15-25)9-12-26(16-22)21-19(20(23)27)7-3-10-24-21/h2-3,5-7,10,13H,4,8-9,11-12,14-16H2,1H3,(H2,23,27). The molecular formula is C22H28N4O. The highest BCUT2D eigenvalue weighted by atomic mass is 16.1. The van der Waals surface area contributed by atoms with Crippen LogP contribution in [0.5, 0.6) is 0 Å². The molecule has 1 amide bonds. The lowest BCUT2D eigenvalue weighted by atomic mass is 9.79. The van der Waals surface area contributed by atoms with Crippen LogP contribution in [0.1, 0.15) is 40.7 Å². The molecule has 0 aliphatic carbocycles. The molecule has 0 saturated carbocycles. The molecule has 142 valence electrons. The fraction of sp³-hybridized carbons (Fsp3) is 0.455. The SMILES string of the molecule is Cc1cccc(CN2CCCC3(CCN(c4ncccc4C(N)=O)C3)C2)c1. The van der Waals surface area contributed by atoms with Gasteiger partial charge in [-0.2, -0.15) is 0 Å². The molecular weight excluding hydrogens is 336 g/mol. The van der Waals surface area contributed by atoms with Crippen molar-refractivity contribution in [2.75, 3.05) is 31.1 Å². The number of benzene rings is 1. The van der Waals surface area contributed by atoms with Crippen LogP contribution in [-0.4, -0.2) is 42.0 Å². The maximum atomic E-state index is 11.8. The first kappa shape index (κ1) is 18.0. The van der Waals surface area contributed by atoms with E-state index in [4.69, 9.17) is 5.73 Å². The number of carbonyl (C=O) groups excluding carboxylic acids is 1. The molecule has 1 aromatic carbocycles. The number of aromatic nitrogens is 1. The van der Waals surface area contributed by atoms with Crippen molar-refractivity contribution in [1.82, 2.24) is 9.88 Å². The minimum atomic E-state index is -0.399. The lowest BCUT2D eigenvalue weighted by Gasteiger charge is -2.40. The van der Waals surface area contributed by atoms with Gasteiger partial charge in [-0.25, -0.2) is 4.98 Å². The summed E-state index contributed by atoms with van der Waals surface area (Å²) >= 11 is 0. The van der Waals surface area contributed by atoms with Crippen LogP contribution in [-0.2, 0) is 6.54 Å². The van der Waals surface area contributed by atoms with Crippen LogP contribution in [0.3, 0.4) is 0 Å². The third-order valence-electron chi connectivity index (χ3n) is 6.02. The Hall–Kier alpha value is -2.40. The minimum absolute atomic E-state index is 0.286. The van der Waals surface area contributed by atoms with Crippen LogP contribution < -0.4 is 10.6 Å². The van der Waals surface area contributed by atoms with Gasteiger partial charge in [0.2, 0.25) is 0 Å². The normalized spacial score (nSPS) is 23.1. The van der Waals surface area contributed by atoms with Gasteiger partial charge in [-0.3, -0.25) is 9.69 Å². The molecule has 2 aromatic rings. The molecule has 0 radical (unpaired) electrons. The Bertz CT molecular complexity index is 837. The zero-order chi connectivity index (χ0) is 18.9. The molecule has 2 aliphatic rings. The number of hydrogen-bond acceptors (Lipinski definition) is 4. The van der Waals surface area contributed by atoms with Gasteiger partial charge < -0.3 is 10.6 Å². The van der Waals surface area contributed by atoms with E-state index in [-0.39, 0.29) is 5.41 Å². The fourth-order valence-electron chi connectivity index (χ4n) is 4.80. The first-order valence-electron chi connectivity index (χ1n) is 9.82. The maximum absolute atomic E-state index is 11.8. The summed E-state index contributed by atoms with van der Waals surface area (Å²) in [5.41, 5.74) is 9.09. The molecule has 0 bridgehead atoms. The third-order valence-corrected chi connectivity index (χ3v) is 6.02. The first-order chi connectivity index (χ1) is 13.0. The van der Waals surface area contributed by atoms with Gasteiger partial charge in [0.15, 0.2) is 0 Å². The predicted octanol–water partition coefficient (Wildman–Crippen LogP) is 2.98. The molecule has 2 aliphatic heterocycles. The van der Waals surface area contributed by atoms with Crippen molar-refractivity contribution >= 4 is 11.7 Å². The van der Waals surface area contributed by atoms with Crippen molar-refractivity contribution in [1.29, 1.82) is 0 Å². The molecule has 4 rings (SSSR count). The second kappa shape index (κ2) is 7.31. The number of primary amides is 1. The van der Waals surface area contributed by atoms with E-state index < -0.39 is 5.91 Å². The smallest absolute Gasteiger partial charge is 0.252 e. The van der Waals surface area contributed by atoms with Crippen molar-refractivity contribution < 1.29 is 4.79 Å². The van der Waals surface area contributed by atoms with Gasteiger partial charge in [0.05, 0.1) is 5.56 Å². The van der Waals surface area contributed by atoms with Crippen molar-refractivity contribution in [3.8, 4) is 0 Å². The summed E-state index contributed by atoms with van der Waals surface area (Å²) in [6, 6.07) is 12.4. The number of carbonyl (C=O) groups is 1. The van der Waals surface area contributed by atoms with E-state index >= 15 is 0 Å². The van der Waals surface area contributed by atoms with E-state index in [0.29, 0.717) is 5.56 Å². The number of nitrogens with two attached hydrogens (primary N) is 1. The Morgan fingerprint density at radius 1 is 1.19 bits per heavy atom. The summed E-state index contributed by atoms with van der Waals surface area (Å²) < 4.78 is 0. The largest absolute Gasteiger partial charge is 0.365 e. The number of likely N-dealkylation sites (tertiary alicyclic amines) is 1. The van der Waals surface area contributed by atoms with E-state index in [1.807, 2.05) is 0 Å². The quantitative estimate of drug-likeness (QED) is 0.906. The Morgan fingerprint density at radius 3 is 2.89 bits per heavy atom. The second-order valence-electron chi connectivity index (χ2n) is 8.21. The van der Waals surface area contributed by atoms with Crippen LogP contribution in [0, 0.1) is 12.3 Å². The topological polar surface area (TPSA) is 62.5 Å². The molecule has 3 heterocycles. The van der Waals surface area contributed by atoms with E-state index in [2.05, 4.69) is 46.0 Å². The summed E-state index contributed by atoms with van der Waals surface area (Å²) in [5.74, 6) is 0.349. The molecule has 1 aromatic heterocycles. The average molecular weight is 364 g/mol. The lowest BCUT2D eigenvalue weighted by Crippen LogP contribution is -2.44. The molecule has 2 fully saturated rings. The molecule has 2 N–H and O–H groups in total. The molecule has 27 heavy (non-hydrogen) atoms. The molecule has 1 spiro atoms. The first-order valence-corrected chi connectivity index (χ1v) is 9.82. The Kier molecular flexibility index (Phi) is 4.87. The number of nitrogens with zero attached hydrogens (tertiary/aromatic N) is 3. The minimum Gasteiger partial charge on any atom is -0.365 e. The molecule has 2 saturated heterocycles. The van der Waals surface area contributed by atoms with Crippen molar-refractivity contribution in [3.63, 3.8) is 0 Å². The van der Waals surface area contributed by atoms with E-state index in [1.54, 1.807) is 18.3 Å². The number of rotatable bonds is 4. The van der Waals surface area contributed by atoms with Gasteiger partial charge in [-0.05, 0) is 50.4 Å². The molecule has 1 unspecified atom stereocenters. The number of amides is 1. The van der Waals surface area contributed by atoms with Gasteiger partial charge in [0.1, 0.15) is 5.82 Å². The highest BCUT2D eigenvalue weighted by Gasteiger charge is 2.42. The number of piperidine rings is 1. The van der Waals surface area contributed by atoms with Crippen LogP contribution in [0.4, 0.5) is 5.82 Å². The average Bonchev–Trinajstić information content (AvgIpc) is 3.05. The van der Waals surface area contributed by atoms with E-state index in [0.717, 1.165) is 45.0 Å². The number of hydrogen-bond donors (Lipinski definition) is 1. The van der Waals surface area contributed by atoms with Gasteiger partial charge in [0, 0.05) is 37.8 Å². The van der Waals surface area contributed by atoms with Gasteiger partial charge >= 0.3 is 0 Å². The Labute approximate surface area is 161 Å². The number of pyridine rings is 1. The fourth-order valence-corrected chi connectivity index (χ4v) is 4.80. The summed E-state index contributed by atoms with van der Waals surface area (Å²) in [5, 5.41) is 0. The van der Waals surface area contributed by atoms with Crippen molar-refractivity contribution in [3.05, 3.63) is 59.3 Å². The zero-order valence-electron chi connectivity index (χ0n) is 16.0. The predicted molar refractivity (Wildman–Crippen MR) is 108 cm³/mol. The number of aryl methyl sites for hydroxylation is 1. The second-order valence-corrected chi connectivity index (χ2v) is 8.21. The molecule has 5 heteroatoms. The Morgan fingerprint density at radius 2 is 2.07 bits per heavy atom. The van der Waals surface area contributed by atoms with Crippen molar-refractivity contribution in [2.24, 2.45) is 11.1 Å². The summed E-state index contributed by atoms with van der Waals surface area (Å²) in [6.07, 6.45) is 5.36.